The van der Waals surface area contributed by atoms with Crippen molar-refractivity contribution in [2.24, 2.45) is 0 Å². The van der Waals surface area contributed by atoms with Crippen molar-refractivity contribution in [3.8, 4) is 0 Å². The molecule has 3 N–H and O–H groups in total. The predicted molar refractivity (Wildman–Crippen MR) is 33.0 cm³/mol. The van der Waals surface area contributed by atoms with Gasteiger partial charge in [-0.1, -0.05) is 0 Å². The van der Waals surface area contributed by atoms with E-state index in [9.17, 15) is 4.79 Å². The first-order valence-corrected chi connectivity index (χ1v) is 3.06. The third kappa shape index (κ3) is 2.88. The second-order valence-electron chi connectivity index (χ2n) is 1.17. The Hall–Kier alpha value is -0.821. The molecule has 0 heterocycles. The van der Waals surface area contributed by atoms with Crippen LogP contribution in [0.2, 0.25) is 0 Å². The molecule has 0 aromatic rings. The van der Waals surface area contributed by atoms with Gasteiger partial charge in [0.15, 0.2) is 0 Å². The van der Waals surface area contributed by atoms with Crippen LogP contribution in [0.4, 0.5) is 0 Å². The number of rotatable bonds is 2. The van der Waals surface area contributed by atoms with Crippen molar-refractivity contribution in [3.05, 3.63) is 16.6 Å². The molecule has 9 heavy (non-hydrogen) atoms. The number of hydrogen-bond donors (Lipinski definition) is 2. The Morgan fingerprint density at radius 1 is 1.78 bits per heavy atom. The van der Waals surface area contributed by atoms with Gasteiger partial charge in [0.2, 0.25) is 0 Å². The molecule has 0 aromatic carbocycles. The maximum atomic E-state index is 10.1. The van der Waals surface area contributed by atoms with E-state index < -0.39 is 5.97 Å². The van der Waals surface area contributed by atoms with Gasteiger partial charge in [-0.15, -0.1) is 0 Å². The van der Waals surface area contributed by atoms with Crippen LogP contribution in [-0.4, -0.2) is 33.0 Å². The van der Waals surface area contributed by atoms with E-state index in [-0.39, 0.29) is 5.57 Å². The summed E-state index contributed by atoms with van der Waals surface area (Å²) in [6, 6.07) is 0. The number of aliphatic carboxylic acids is 1. The van der Waals surface area contributed by atoms with Crippen molar-refractivity contribution in [2.75, 3.05) is 0 Å². The maximum absolute atomic E-state index is 10.1. The molecular formula is C5H5NO2Se. The molecule has 0 aliphatic rings. The summed E-state index contributed by atoms with van der Waals surface area (Å²) in [5.74, 6) is 0.933. The molecule has 48 valence electrons. The molecule has 0 aliphatic heterocycles. The molecule has 0 radical (unpaired) electrons. The molecular weight excluding hydrogens is 185 g/mol. The fourth-order valence-corrected chi connectivity index (χ4v) is 0.535. The van der Waals surface area contributed by atoms with E-state index in [1.165, 1.54) is 11.1 Å². The van der Waals surface area contributed by atoms with Gasteiger partial charge in [-0.25, -0.2) is 0 Å². The quantitative estimate of drug-likeness (QED) is 0.231. The second-order valence-corrected chi connectivity index (χ2v) is 1.74. The summed E-state index contributed by atoms with van der Waals surface area (Å²) in [6.45, 7) is 0. The van der Waals surface area contributed by atoms with E-state index in [1.807, 2.05) is 5.87 Å². The van der Waals surface area contributed by atoms with Crippen molar-refractivity contribution in [2.45, 2.75) is 0 Å². The Labute approximate surface area is 60.4 Å². The number of carboxylic acid groups (broad SMARTS) is 1. The third-order valence-electron chi connectivity index (χ3n) is 0.621. The monoisotopic (exact) mass is 191 g/mol. The van der Waals surface area contributed by atoms with Crippen molar-refractivity contribution in [1.82, 2.24) is 0 Å². The summed E-state index contributed by atoms with van der Waals surface area (Å²) >= 11 is 2.50. The van der Waals surface area contributed by atoms with Gasteiger partial charge >= 0.3 is 59.8 Å². The van der Waals surface area contributed by atoms with Gasteiger partial charge in [0, 0.05) is 0 Å². The molecule has 0 saturated heterocycles. The summed E-state index contributed by atoms with van der Waals surface area (Å²) in [7, 11) is 0. The van der Waals surface area contributed by atoms with Crippen molar-refractivity contribution >= 4 is 27.9 Å². The minimum atomic E-state index is -1.08. The van der Waals surface area contributed by atoms with Gasteiger partial charge in [-0.05, 0) is 0 Å². The van der Waals surface area contributed by atoms with Crippen LogP contribution in [0.15, 0.2) is 16.6 Å². The molecule has 0 unspecified atom stereocenters. The number of carboxylic acids is 1. The fraction of sp³-hybridized carbons (Fsp3) is 0. The number of nitrogens with two attached hydrogens (primary N) is 1. The normalized spacial score (nSPS) is 8.89. The van der Waals surface area contributed by atoms with E-state index in [1.54, 1.807) is 0 Å². The molecule has 0 amide bonds. The zero-order valence-electron chi connectivity index (χ0n) is 4.50. The zero-order valence-corrected chi connectivity index (χ0v) is 6.21. The first kappa shape index (κ1) is 8.18. The predicted octanol–water partition coefficient (Wildman–Crippen LogP) is -1.89. The second kappa shape index (κ2) is 4.10. The summed E-state index contributed by atoms with van der Waals surface area (Å²) in [6.07, 6.45) is 1.32. The fourth-order valence-electron chi connectivity index (χ4n) is 0.249. The molecule has 0 fully saturated rings. The van der Waals surface area contributed by atoms with E-state index in [0.29, 0.717) is 0 Å². The van der Waals surface area contributed by atoms with Gasteiger partial charge in [0.1, 0.15) is 0 Å². The van der Waals surface area contributed by atoms with Crippen LogP contribution in [0.1, 0.15) is 0 Å². The van der Waals surface area contributed by atoms with Crippen LogP contribution in [0.25, 0.3) is 0 Å². The van der Waals surface area contributed by atoms with Gasteiger partial charge in [-0.2, -0.15) is 0 Å². The molecule has 0 aliphatic carbocycles. The molecule has 0 saturated carbocycles. The number of carbonyl (C=O) groups is 1. The van der Waals surface area contributed by atoms with Crippen LogP contribution < -0.4 is 5.41 Å². The SMILES string of the molecule is [NH2+]=C=C(/C=C\[Se-])C(=O)O. The summed E-state index contributed by atoms with van der Waals surface area (Å²) in [5.41, 5.74) is -0.0475. The molecule has 0 rings (SSSR count). The molecule has 0 aromatic heterocycles. The first-order chi connectivity index (χ1) is 4.22. The molecule has 4 heteroatoms. The van der Waals surface area contributed by atoms with E-state index in [2.05, 4.69) is 16.0 Å². The average molecular weight is 190 g/mol. The zero-order chi connectivity index (χ0) is 7.28. The van der Waals surface area contributed by atoms with Crippen LogP contribution in [0.5, 0.6) is 0 Å². The molecule has 3 nitrogen and oxygen atoms in total. The average Bonchev–Trinajstić information content (AvgIpc) is 1.82. The van der Waals surface area contributed by atoms with Crippen molar-refractivity contribution in [1.29, 1.82) is 0 Å². The Kier molecular flexibility index (Phi) is 3.72. The Bertz CT molecular complexity index is 191. The molecule has 0 bridgehead atoms. The van der Waals surface area contributed by atoms with Crippen molar-refractivity contribution < 1.29 is 15.3 Å². The Morgan fingerprint density at radius 3 is 2.44 bits per heavy atom. The summed E-state index contributed by atoms with van der Waals surface area (Å²) in [5, 5.41) is 13.1. The van der Waals surface area contributed by atoms with Crippen LogP contribution in [0.3, 0.4) is 0 Å². The van der Waals surface area contributed by atoms with E-state index in [0.717, 1.165) is 0 Å². The first-order valence-electron chi connectivity index (χ1n) is 2.07. The topological polar surface area (TPSA) is 62.9 Å². The summed E-state index contributed by atoms with van der Waals surface area (Å²) < 4.78 is 0. The van der Waals surface area contributed by atoms with E-state index >= 15 is 0 Å². The molecule has 0 atom stereocenters. The van der Waals surface area contributed by atoms with E-state index in [4.69, 9.17) is 10.5 Å². The molecule has 0 spiro atoms. The van der Waals surface area contributed by atoms with Gasteiger partial charge in [-0.3, -0.25) is 0 Å². The van der Waals surface area contributed by atoms with Gasteiger partial charge in [0.25, 0.3) is 0 Å². The van der Waals surface area contributed by atoms with Gasteiger partial charge in [0.05, 0.1) is 0 Å². The van der Waals surface area contributed by atoms with Crippen LogP contribution >= 0.6 is 0 Å². The minimum absolute atomic E-state index is 0.0475. The standard InChI is InChI=1S/C5H5NO2Se/c6-3-4(1-2-9)5(7)8/h1-2,6,9H,(H,7,8)/b2-1-. The van der Waals surface area contributed by atoms with Crippen molar-refractivity contribution in [3.63, 3.8) is 0 Å². The summed E-state index contributed by atoms with van der Waals surface area (Å²) in [4.78, 5) is 11.5. The van der Waals surface area contributed by atoms with Crippen LogP contribution in [0, 0.1) is 0 Å². The Balaban J connectivity index is 4.38. The van der Waals surface area contributed by atoms with Gasteiger partial charge < -0.3 is 0 Å². The van der Waals surface area contributed by atoms with Crippen LogP contribution in [-0.2, 0) is 4.79 Å². The third-order valence-corrected chi connectivity index (χ3v) is 0.906. The number of hydrogen-bond acceptors (Lipinski definition) is 1. The Morgan fingerprint density at radius 2 is 2.33 bits per heavy atom.